The number of carboxylic acids is 1. The Morgan fingerprint density at radius 3 is 2.55 bits per heavy atom. The molecule has 29 heavy (non-hydrogen) atoms. The van der Waals surface area contributed by atoms with Crippen molar-refractivity contribution in [3.05, 3.63) is 70.3 Å². The molecule has 0 fully saturated rings. The van der Waals surface area contributed by atoms with E-state index in [1.807, 2.05) is 25.1 Å². The molecule has 0 spiro atoms. The van der Waals surface area contributed by atoms with Gasteiger partial charge in [-0.15, -0.1) is 0 Å². The maximum absolute atomic E-state index is 12.3. The number of nitrogens with zero attached hydrogens (tertiary/aromatic N) is 1. The summed E-state index contributed by atoms with van der Waals surface area (Å²) in [5, 5.41) is 18.1. The number of benzene rings is 2. The first-order chi connectivity index (χ1) is 13.9. The summed E-state index contributed by atoms with van der Waals surface area (Å²) >= 11 is 0. The van der Waals surface area contributed by atoms with Gasteiger partial charge in [-0.05, 0) is 66.3 Å². The SMILES string of the molecule is COC(=O)c1cc(/C(=C/CCCC(=O)O)c2cccc(C#N)c2)cc(C)c1OC. The largest absolute Gasteiger partial charge is 0.496 e. The highest BCUT2D eigenvalue weighted by molar-refractivity contribution is 5.95. The van der Waals surface area contributed by atoms with E-state index in [1.165, 1.54) is 14.2 Å². The molecule has 0 amide bonds. The molecule has 2 aromatic carbocycles. The summed E-state index contributed by atoms with van der Waals surface area (Å²) in [7, 11) is 2.80. The summed E-state index contributed by atoms with van der Waals surface area (Å²) in [5.74, 6) is -0.917. The first kappa shape index (κ1) is 21.7. The first-order valence-corrected chi connectivity index (χ1v) is 9.11. The number of aliphatic carboxylic acids is 1. The predicted octanol–water partition coefficient (Wildman–Crippen LogP) is 4.35. The van der Waals surface area contributed by atoms with Crippen LogP contribution in [0.4, 0.5) is 0 Å². The van der Waals surface area contributed by atoms with Gasteiger partial charge in [0.1, 0.15) is 11.3 Å². The molecular weight excluding hydrogens is 370 g/mol. The van der Waals surface area contributed by atoms with Gasteiger partial charge in [0.2, 0.25) is 0 Å². The van der Waals surface area contributed by atoms with Crippen molar-refractivity contribution in [2.75, 3.05) is 14.2 Å². The molecule has 2 rings (SSSR count). The molecule has 0 unspecified atom stereocenters. The Balaban J connectivity index is 2.60. The van der Waals surface area contributed by atoms with Crippen LogP contribution in [0.5, 0.6) is 5.75 Å². The van der Waals surface area contributed by atoms with Crippen molar-refractivity contribution in [1.82, 2.24) is 0 Å². The third kappa shape index (κ3) is 5.45. The van der Waals surface area contributed by atoms with Crippen LogP contribution in [-0.2, 0) is 9.53 Å². The molecule has 6 heteroatoms. The fourth-order valence-electron chi connectivity index (χ4n) is 3.12. The standard InChI is InChI=1S/C23H23NO5/c1-15-11-18(13-20(22(15)28-2)23(27)29-3)19(9-4-5-10-21(25)26)17-8-6-7-16(12-17)14-24/h6-9,11-13H,4-5,10H2,1-3H3,(H,25,26)/b19-9+. The molecule has 0 saturated heterocycles. The molecule has 150 valence electrons. The van der Waals surface area contributed by atoms with Gasteiger partial charge in [0, 0.05) is 6.42 Å². The number of methoxy groups -OCH3 is 2. The van der Waals surface area contributed by atoms with Gasteiger partial charge in [-0.25, -0.2) is 4.79 Å². The fourth-order valence-corrected chi connectivity index (χ4v) is 3.12. The van der Waals surface area contributed by atoms with E-state index in [-0.39, 0.29) is 6.42 Å². The summed E-state index contributed by atoms with van der Waals surface area (Å²) in [6.07, 6.45) is 3.02. The minimum absolute atomic E-state index is 0.0665. The van der Waals surface area contributed by atoms with Crippen molar-refractivity contribution in [3.8, 4) is 11.8 Å². The molecule has 0 bridgehead atoms. The number of ether oxygens (including phenoxy) is 2. The summed E-state index contributed by atoms with van der Waals surface area (Å²) in [4.78, 5) is 23.1. The van der Waals surface area contributed by atoms with Gasteiger partial charge in [0.25, 0.3) is 0 Å². The highest BCUT2D eigenvalue weighted by Gasteiger charge is 2.18. The van der Waals surface area contributed by atoms with E-state index < -0.39 is 11.9 Å². The van der Waals surface area contributed by atoms with Crippen LogP contribution >= 0.6 is 0 Å². The molecule has 0 heterocycles. The number of carbonyl (C=O) groups is 2. The minimum atomic E-state index is -0.848. The molecule has 6 nitrogen and oxygen atoms in total. The lowest BCUT2D eigenvalue weighted by molar-refractivity contribution is -0.137. The smallest absolute Gasteiger partial charge is 0.341 e. The lowest BCUT2D eigenvalue weighted by Gasteiger charge is -2.15. The summed E-state index contributed by atoms with van der Waals surface area (Å²) in [6.45, 7) is 1.84. The average molecular weight is 393 g/mol. The summed E-state index contributed by atoms with van der Waals surface area (Å²) < 4.78 is 10.3. The highest BCUT2D eigenvalue weighted by Crippen LogP contribution is 2.32. The quantitative estimate of drug-likeness (QED) is 0.529. The van der Waals surface area contributed by atoms with E-state index in [9.17, 15) is 14.9 Å². The van der Waals surface area contributed by atoms with E-state index in [1.54, 1.807) is 24.3 Å². The Labute approximate surface area is 170 Å². The zero-order valence-corrected chi connectivity index (χ0v) is 16.7. The number of aryl methyl sites for hydroxylation is 1. The molecular formula is C23H23NO5. The van der Waals surface area contributed by atoms with Crippen molar-refractivity contribution in [3.63, 3.8) is 0 Å². The Morgan fingerprint density at radius 1 is 1.17 bits per heavy atom. The second-order valence-electron chi connectivity index (χ2n) is 6.46. The molecule has 0 aliphatic carbocycles. The maximum atomic E-state index is 12.3. The van der Waals surface area contributed by atoms with Crippen LogP contribution in [0.1, 0.15) is 51.9 Å². The van der Waals surface area contributed by atoms with Gasteiger partial charge in [-0.2, -0.15) is 5.26 Å². The number of unbranched alkanes of at least 4 members (excludes halogenated alkanes) is 1. The topological polar surface area (TPSA) is 96.6 Å². The normalized spacial score (nSPS) is 10.9. The van der Waals surface area contributed by atoms with Gasteiger partial charge >= 0.3 is 11.9 Å². The van der Waals surface area contributed by atoms with Crippen molar-refractivity contribution < 1.29 is 24.2 Å². The van der Waals surface area contributed by atoms with Gasteiger partial charge < -0.3 is 14.6 Å². The third-order valence-corrected chi connectivity index (χ3v) is 4.44. The van der Waals surface area contributed by atoms with E-state index in [4.69, 9.17) is 14.6 Å². The van der Waals surface area contributed by atoms with Gasteiger partial charge in [-0.1, -0.05) is 18.2 Å². The minimum Gasteiger partial charge on any atom is -0.496 e. The number of carbonyl (C=O) groups excluding carboxylic acids is 1. The van der Waals surface area contributed by atoms with Crippen LogP contribution in [0, 0.1) is 18.3 Å². The molecule has 0 aliphatic rings. The van der Waals surface area contributed by atoms with Crippen molar-refractivity contribution >= 4 is 17.5 Å². The monoisotopic (exact) mass is 393 g/mol. The number of hydrogen-bond acceptors (Lipinski definition) is 5. The van der Waals surface area contributed by atoms with Crippen molar-refractivity contribution in [2.24, 2.45) is 0 Å². The van der Waals surface area contributed by atoms with Gasteiger partial charge in [0.05, 0.1) is 25.9 Å². The molecule has 0 atom stereocenters. The Hall–Kier alpha value is -3.59. The zero-order valence-electron chi connectivity index (χ0n) is 16.7. The third-order valence-electron chi connectivity index (χ3n) is 4.44. The molecule has 0 aliphatic heterocycles. The molecule has 0 saturated carbocycles. The Morgan fingerprint density at radius 2 is 1.93 bits per heavy atom. The fraction of sp³-hybridized carbons (Fsp3) is 0.261. The van der Waals surface area contributed by atoms with E-state index in [2.05, 4.69) is 6.07 Å². The lowest BCUT2D eigenvalue weighted by atomic mass is 9.92. The number of carboxylic acid groups (broad SMARTS) is 1. The van der Waals surface area contributed by atoms with E-state index in [0.717, 1.165) is 22.3 Å². The molecule has 1 N–H and O–H groups in total. The van der Waals surface area contributed by atoms with E-state index in [0.29, 0.717) is 29.7 Å². The van der Waals surface area contributed by atoms with Crippen LogP contribution < -0.4 is 4.74 Å². The van der Waals surface area contributed by atoms with Gasteiger partial charge in [0.15, 0.2) is 0 Å². The average Bonchev–Trinajstić information content (AvgIpc) is 2.72. The number of rotatable bonds is 8. The highest BCUT2D eigenvalue weighted by atomic mass is 16.5. The second-order valence-corrected chi connectivity index (χ2v) is 6.46. The van der Waals surface area contributed by atoms with Crippen molar-refractivity contribution in [2.45, 2.75) is 26.2 Å². The van der Waals surface area contributed by atoms with Gasteiger partial charge in [-0.3, -0.25) is 4.79 Å². The molecule has 2 aromatic rings. The van der Waals surface area contributed by atoms with E-state index >= 15 is 0 Å². The first-order valence-electron chi connectivity index (χ1n) is 9.11. The second kappa shape index (κ2) is 10.1. The van der Waals surface area contributed by atoms with Crippen LogP contribution in [0.15, 0.2) is 42.5 Å². The lowest BCUT2D eigenvalue weighted by Crippen LogP contribution is -2.07. The van der Waals surface area contributed by atoms with Crippen LogP contribution in [-0.4, -0.2) is 31.3 Å². The number of nitriles is 1. The Bertz CT molecular complexity index is 985. The van der Waals surface area contributed by atoms with Crippen molar-refractivity contribution in [1.29, 1.82) is 5.26 Å². The van der Waals surface area contributed by atoms with Crippen LogP contribution in [0.25, 0.3) is 5.57 Å². The molecule has 0 aromatic heterocycles. The summed E-state index contributed by atoms with van der Waals surface area (Å²) in [6, 6.07) is 12.9. The van der Waals surface area contributed by atoms with Crippen LogP contribution in [0.2, 0.25) is 0 Å². The Kier molecular flexibility index (Phi) is 7.55. The zero-order chi connectivity index (χ0) is 21.4. The number of hydrogen-bond donors (Lipinski definition) is 1. The van der Waals surface area contributed by atoms with Crippen LogP contribution in [0.3, 0.4) is 0 Å². The summed E-state index contributed by atoms with van der Waals surface area (Å²) in [5.41, 5.74) is 3.95. The molecule has 0 radical (unpaired) electrons. The number of allylic oxidation sites excluding steroid dienone is 1. The number of esters is 1. The predicted molar refractivity (Wildman–Crippen MR) is 109 cm³/mol. The maximum Gasteiger partial charge on any atom is 0.341 e.